The summed E-state index contributed by atoms with van der Waals surface area (Å²) in [5, 5.41) is 3.96. The van der Waals surface area contributed by atoms with Crippen LogP contribution in [-0.4, -0.2) is 25.5 Å². The molecule has 1 aromatic heterocycles. The number of rotatable bonds is 5. The maximum absolute atomic E-state index is 12.8. The lowest BCUT2D eigenvalue weighted by atomic mass is 9.74. The fourth-order valence-corrected chi connectivity index (χ4v) is 4.00. The summed E-state index contributed by atoms with van der Waals surface area (Å²) in [7, 11) is 1.61. The van der Waals surface area contributed by atoms with Gasteiger partial charge in [0.1, 0.15) is 11.7 Å². The Balaban J connectivity index is 2.02. The first kappa shape index (κ1) is 17.4. The van der Waals surface area contributed by atoms with Gasteiger partial charge in [0.05, 0.1) is 13.7 Å². The molecule has 2 aromatic rings. The van der Waals surface area contributed by atoms with Gasteiger partial charge in [-0.2, -0.15) is 11.3 Å². The zero-order valence-electron chi connectivity index (χ0n) is 14.2. The van der Waals surface area contributed by atoms with E-state index in [1.807, 2.05) is 41.1 Å². The molecule has 1 aromatic carbocycles. The van der Waals surface area contributed by atoms with Gasteiger partial charge in [-0.05, 0) is 53.4 Å². The molecule has 4 nitrogen and oxygen atoms in total. The molecule has 25 heavy (non-hydrogen) atoms. The average molecular weight is 356 g/mol. The van der Waals surface area contributed by atoms with Crippen LogP contribution in [0, 0.1) is 5.92 Å². The molecular weight excluding hydrogens is 336 g/mol. The van der Waals surface area contributed by atoms with Gasteiger partial charge in [-0.1, -0.05) is 18.2 Å². The second kappa shape index (κ2) is 7.66. The van der Waals surface area contributed by atoms with Gasteiger partial charge in [0, 0.05) is 11.5 Å². The van der Waals surface area contributed by atoms with E-state index in [0.717, 1.165) is 22.4 Å². The second-order valence-corrected chi connectivity index (χ2v) is 6.65. The van der Waals surface area contributed by atoms with Gasteiger partial charge in [-0.15, -0.1) is 0 Å². The highest BCUT2D eigenvalue weighted by Crippen LogP contribution is 2.42. The maximum Gasteiger partial charge on any atom is 0.317 e. The van der Waals surface area contributed by atoms with Crippen LogP contribution >= 0.6 is 11.3 Å². The Morgan fingerprint density at radius 3 is 2.76 bits per heavy atom. The van der Waals surface area contributed by atoms with Crippen LogP contribution in [0.4, 0.5) is 0 Å². The molecule has 130 valence electrons. The maximum atomic E-state index is 12.8. The van der Waals surface area contributed by atoms with Crippen LogP contribution in [-0.2, 0) is 14.3 Å². The van der Waals surface area contributed by atoms with Crippen LogP contribution in [0.1, 0.15) is 30.4 Å². The van der Waals surface area contributed by atoms with Crippen molar-refractivity contribution >= 4 is 28.7 Å². The van der Waals surface area contributed by atoms with Crippen LogP contribution < -0.4 is 4.74 Å². The Kier molecular flexibility index (Phi) is 5.34. The van der Waals surface area contributed by atoms with E-state index in [2.05, 4.69) is 0 Å². The SMILES string of the molecule is CCOC(=O)[C@H]1C(=O)C=C(c2ccccc2OC)C[C@H]1c1ccsc1. The molecule has 1 aliphatic rings. The molecule has 0 saturated heterocycles. The summed E-state index contributed by atoms with van der Waals surface area (Å²) in [5.41, 5.74) is 2.77. The number of benzene rings is 1. The minimum absolute atomic E-state index is 0.207. The Morgan fingerprint density at radius 2 is 2.08 bits per heavy atom. The molecule has 0 aliphatic heterocycles. The van der Waals surface area contributed by atoms with E-state index < -0.39 is 11.9 Å². The predicted molar refractivity (Wildman–Crippen MR) is 97.8 cm³/mol. The third kappa shape index (κ3) is 3.51. The van der Waals surface area contributed by atoms with E-state index in [-0.39, 0.29) is 18.3 Å². The van der Waals surface area contributed by atoms with Crippen molar-refractivity contribution in [2.75, 3.05) is 13.7 Å². The molecular formula is C20H20O4S. The van der Waals surface area contributed by atoms with Crippen LogP contribution in [0.2, 0.25) is 0 Å². The smallest absolute Gasteiger partial charge is 0.317 e. The lowest BCUT2D eigenvalue weighted by Gasteiger charge is -2.29. The number of allylic oxidation sites excluding steroid dienone is 2. The summed E-state index contributed by atoms with van der Waals surface area (Å²) in [6.45, 7) is 2.02. The summed E-state index contributed by atoms with van der Waals surface area (Å²) in [4.78, 5) is 25.2. The van der Waals surface area contributed by atoms with Crippen molar-refractivity contribution in [2.24, 2.45) is 5.92 Å². The van der Waals surface area contributed by atoms with Crippen LogP contribution in [0.5, 0.6) is 5.75 Å². The number of ketones is 1. The highest BCUT2D eigenvalue weighted by atomic mass is 32.1. The molecule has 0 radical (unpaired) electrons. The van der Waals surface area contributed by atoms with Gasteiger partial charge in [0.25, 0.3) is 0 Å². The summed E-state index contributed by atoms with van der Waals surface area (Å²) in [6.07, 6.45) is 2.16. The van der Waals surface area contributed by atoms with Crippen molar-refractivity contribution in [3.05, 3.63) is 58.3 Å². The topological polar surface area (TPSA) is 52.6 Å². The van der Waals surface area contributed by atoms with Crippen LogP contribution in [0.15, 0.2) is 47.2 Å². The number of carbonyl (C=O) groups excluding carboxylic acids is 2. The standard InChI is InChI=1S/C20H20O4S/c1-3-24-20(22)19-16(13-8-9-25-12-13)10-14(11-17(19)21)15-6-4-5-7-18(15)23-2/h4-9,11-12,16,19H,3,10H2,1-2H3/t16-,19+/m0/s1. The van der Waals surface area contributed by atoms with Crippen molar-refractivity contribution in [3.63, 3.8) is 0 Å². The molecule has 2 atom stereocenters. The lowest BCUT2D eigenvalue weighted by molar-refractivity contribution is -0.151. The first-order valence-electron chi connectivity index (χ1n) is 8.22. The number of ether oxygens (including phenoxy) is 2. The number of para-hydroxylation sites is 1. The Bertz CT molecular complexity index is 792. The molecule has 5 heteroatoms. The number of hydrogen-bond donors (Lipinski definition) is 0. The molecule has 0 saturated carbocycles. The number of methoxy groups -OCH3 is 1. The van der Waals surface area contributed by atoms with Gasteiger partial charge in [-0.25, -0.2) is 0 Å². The van der Waals surface area contributed by atoms with Gasteiger partial charge in [0.2, 0.25) is 0 Å². The first-order chi connectivity index (χ1) is 12.2. The van der Waals surface area contributed by atoms with Crippen LogP contribution in [0.25, 0.3) is 5.57 Å². The summed E-state index contributed by atoms with van der Waals surface area (Å²) in [6, 6.07) is 9.59. The molecule has 1 heterocycles. The third-order valence-corrected chi connectivity index (χ3v) is 5.13. The van der Waals surface area contributed by atoms with E-state index in [9.17, 15) is 9.59 Å². The highest BCUT2D eigenvalue weighted by molar-refractivity contribution is 7.08. The summed E-state index contributed by atoms with van der Waals surface area (Å²) >= 11 is 1.56. The second-order valence-electron chi connectivity index (χ2n) is 5.87. The van der Waals surface area contributed by atoms with Gasteiger partial charge in [0.15, 0.2) is 5.78 Å². The highest BCUT2D eigenvalue weighted by Gasteiger charge is 2.40. The van der Waals surface area contributed by atoms with Crippen molar-refractivity contribution in [1.82, 2.24) is 0 Å². The predicted octanol–water partition coefficient (Wildman–Crippen LogP) is 4.08. The van der Waals surface area contributed by atoms with Crippen molar-refractivity contribution < 1.29 is 19.1 Å². The molecule has 0 amide bonds. The number of thiophene rings is 1. The van der Waals surface area contributed by atoms with Gasteiger partial charge in [-0.3, -0.25) is 9.59 Å². The minimum atomic E-state index is -0.784. The number of carbonyl (C=O) groups is 2. The quantitative estimate of drug-likeness (QED) is 0.598. The largest absolute Gasteiger partial charge is 0.496 e. The molecule has 0 spiro atoms. The van der Waals surface area contributed by atoms with E-state index in [1.54, 1.807) is 31.4 Å². The Morgan fingerprint density at radius 1 is 1.28 bits per heavy atom. The van der Waals surface area contributed by atoms with Crippen molar-refractivity contribution in [3.8, 4) is 5.75 Å². The first-order valence-corrected chi connectivity index (χ1v) is 9.16. The molecule has 0 N–H and O–H groups in total. The fraction of sp³-hybridized carbons (Fsp3) is 0.300. The Hall–Kier alpha value is -2.40. The molecule has 0 unspecified atom stereocenters. The molecule has 0 fully saturated rings. The normalized spacial score (nSPS) is 20.1. The zero-order chi connectivity index (χ0) is 17.8. The lowest BCUT2D eigenvalue weighted by Crippen LogP contribution is -2.33. The molecule has 0 bridgehead atoms. The zero-order valence-corrected chi connectivity index (χ0v) is 15.0. The number of hydrogen-bond acceptors (Lipinski definition) is 5. The van der Waals surface area contributed by atoms with Crippen molar-refractivity contribution in [2.45, 2.75) is 19.3 Å². The molecule has 3 rings (SSSR count). The number of esters is 1. The monoisotopic (exact) mass is 356 g/mol. The fourth-order valence-electron chi connectivity index (χ4n) is 3.28. The van der Waals surface area contributed by atoms with Crippen LogP contribution in [0.3, 0.4) is 0 Å². The van der Waals surface area contributed by atoms with Gasteiger partial charge >= 0.3 is 5.97 Å². The minimum Gasteiger partial charge on any atom is -0.496 e. The summed E-state index contributed by atoms with van der Waals surface area (Å²) < 4.78 is 10.6. The van der Waals surface area contributed by atoms with E-state index in [1.165, 1.54) is 0 Å². The average Bonchev–Trinajstić information content (AvgIpc) is 3.15. The van der Waals surface area contributed by atoms with E-state index in [0.29, 0.717) is 6.42 Å². The van der Waals surface area contributed by atoms with E-state index >= 15 is 0 Å². The Labute approximate surface area is 151 Å². The van der Waals surface area contributed by atoms with Gasteiger partial charge < -0.3 is 9.47 Å². The van der Waals surface area contributed by atoms with Crippen molar-refractivity contribution in [1.29, 1.82) is 0 Å². The molecule has 1 aliphatic carbocycles. The van der Waals surface area contributed by atoms with E-state index in [4.69, 9.17) is 9.47 Å². The third-order valence-electron chi connectivity index (χ3n) is 4.43. The summed E-state index contributed by atoms with van der Waals surface area (Å²) in [5.74, 6) is -0.934.